The van der Waals surface area contributed by atoms with Crippen LogP contribution in [-0.4, -0.2) is 64.3 Å². The van der Waals surface area contributed by atoms with Crippen LogP contribution in [0, 0.1) is 23.2 Å². The molecule has 10 heteroatoms. The zero-order valence-electron chi connectivity index (χ0n) is 21.9. The Morgan fingerprint density at radius 1 is 1.27 bits per heavy atom. The van der Waals surface area contributed by atoms with Crippen LogP contribution in [0.25, 0.3) is 10.2 Å². The monoisotopic (exact) mass is 526 g/mol. The number of ether oxygens (including phenoxy) is 1. The molecule has 3 amide bonds. The van der Waals surface area contributed by atoms with Crippen LogP contribution < -0.4 is 10.6 Å². The molecule has 5 atom stereocenters. The molecule has 198 valence electrons. The Kier molecular flexibility index (Phi) is 6.29. The van der Waals surface area contributed by atoms with Crippen LogP contribution in [-0.2, 0) is 14.3 Å². The smallest absolute Gasteiger partial charge is 0.410 e. The van der Waals surface area contributed by atoms with Gasteiger partial charge in [-0.2, -0.15) is 0 Å². The molecular formula is C27H34N4O5S. The highest BCUT2D eigenvalue weighted by atomic mass is 32.1. The minimum absolute atomic E-state index is 0.0204. The van der Waals surface area contributed by atoms with Crippen LogP contribution in [0.5, 0.6) is 0 Å². The number of hydrogen-bond acceptors (Lipinski definition) is 7. The lowest BCUT2D eigenvalue weighted by Gasteiger charge is -2.33. The van der Waals surface area contributed by atoms with Gasteiger partial charge in [0.05, 0.1) is 16.3 Å². The van der Waals surface area contributed by atoms with Crippen molar-refractivity contribution in [1.82, 2.24) is 20.5 Å². The summed E-state index contributed by atoms with van der Waals surface area (Å²) < 4.78 is 6.47. The SMILES string of the molecule is CC(C)(C)OC(=O)N1CC2C(C1C(=O)NC(CC1CCNC1=O)C(=O)c1nc3ccccc3s1)C2(C)C. The molecule has 3 heterocycles. The molecule has 9 nitrogen and oxygen atoms in total. The average molecular weight is 527 g/mol. The molecule has 1 aromatic carbocycles. The number of piperidine rings is 1. The summed E-state index contributed by atoms with van der Waals surface area (Å²) in [7, 11) is 0. The van der Waals surface area contributed by atoms with E-state index in [1.807, 2.05) is 24.3 Å². The van der Waals surface area contributed by atoms with E-state index in [0.717, 1.165) is 4.70 Å². The third-order valence-electron chi connectivity index (χ3n) is 7.93. The minimum atomic E-state index is -0.927. The van der Waals surface area contributed by atoms with E-state index in [1.165, 1.54) is 16.2 Å². The highest BCUT2D eigenvalue weighted by Crippen LogP contribution is 2.65. The quantitative estimate of drug-likeness (QED) is 0.557. The first-order chi connectivity index (χ1) is 17.4. The fraction of sp³-hybridized carbons (Fsp3) is 0.593. The molecule has 5 rings (SSSR count). The number of likely N-dealkylation sites (tertiary alicyclic amines) is 1. The molecule has 1 aromatic heterocycles. The van der Waals surface area contributed by atoms with Crippen molar-refractivity contribution in [3.8, 4) is 0 Å². The largest absolute Gasteiger partial charge is 0.444 e. The Bertz CT molecular complexity index is 1230. The van der Waals surface area contributed by atoms with Gasteiger partial charge in [-0.25, -0.2) is 9.78 Å². The van der Waals surface area contributed by atoms with Gasteiger partial charge in [0.25, 0.3) is 0 Å². The van der Waals surface area contributed by atoms with Gasteiger partial charge in [-0.15, -0.1) is 11.3 Å². The minimum Gasteiger partial charge on any atom is -0.444 e. The van der Waals surface area contributed by atoms with Crippen molar-refractivity contribution < 1.29 is 23.9 Å². The van der Waals surface area contributed by atoms with Crippen LogP contribution >= 0.6 is 11.3 Å². The van der Waals surface area contributed by atoms with E-state index in [9.17, 15) is 19.2 Å². The number of fused-ring (bicyclic) bond motifs is 2. The number of nitrogens with one attached hydrogen (secondary N) is 2. The van der Waals surface area contributed by atoms with Gasteiger partial charge in [-0.05, 0) is 63.0 Å². The maximum atomic E-state index is 13.8. The highest BCUT2D eigenvalue weighted by Gasteiger charge is 2.70. The van der Waals surface area contributed by atoms with Gasteiger partial charge in [0.15, 0.2) is 5.01 Å². The van der Waals surface area contributed by atoms with Crippen molar-refractivity contribution in [3.05, 3.63) is 29.3 Å². The fourth-order valence-corrected chi connectivity index (χ4v) is 6.82. The predicted molar refractivity (Wildman–Crippen MR) is 139 cm³/mol. The molecule has 2 aliphatic heterocycles. The maximum Gasteiger partial charge on any atom is 0.410 e. The Morgan fingerprint density at radius 2 is 2.00 bits per heavy atom. The van der Waals surface area contributed by atoms with Crippen molar-refractivity contribution >= 4 is 45.2 Å². The number of benzene rings is 1. The lowest BCUT2D eigenvalue weighted by atomic mass is 9.95. The molecule has 1 aliphatic carbocycles. The van der Waals surface area contributed by atoms with Crippen molar-refractivity contribution in [2.24, 2.45) is 23.2 Å². The molecule has 5 unspecified atom stereocenters. The number of ketones is 1. The summed E-state index contributed by atoms with van der Waals surface area (Å²) in [6.45, 7) is 10.6. The van der Waals surface area contributed by atoms with Gasteiger partial charge >= 0.3 is 6.09 Å². The van der Waals surface area contributed by atoms with E-state index >= 15 is 0 Å². The summed E-state index contributed by atoms with van der Waals surface area (Å²) >= 11 is 1.28. The number of thiazole rings is 1. The summed E-state index contributed by atoms with van der Waals surface area (Å²) in [6, 6.07) is 5.82. The number of rotatable bonds is 6. The summed E-state index contributed by atoms with van der Waals surface area (Å²) in [5.74, 6) is -1.03. The first-order valence-electron chi connectivity index (χ1n) is 12.8. The maximum absolute atomic E-state index is 13.8. The zero-order chi connectivity index (χ0) is 26.7. The zero-order valence-corrected chi connectivity index (χ0v) is 22.7. The standard InChI is InChI=1S/C27H34N4O5S/c1-26(2,3)36-25(35)31-13-15-19(27(15,4)5)20(31)23(34)29-17(12-14-10-11-28-22(14)33)21(32)24-30-16-8-6-7-9-18(16)37-24/h6-9,14-15,17,19-20H,10-13H2,1-5H3,(H,28,33)(H,29,34). The Morgan fingerprint density at radius 3 is 2.65 bits per heavy atom. The molecule has 0 spiro atoms. The van der Waals surface area contributed by atoms with Gasteiger partial charge in [0.2, 0.25) is 17.6 Å². The van der Waals surface area contributed by atoms with Crippen LogP contribution in [0.2, 0.25) is 0 Å². The van der Waals surface area contributed by atoms with E-state index in [-0.39, 0.29) is 47.2 Å². The number of hydrogen-bond donors (Lipinski definition) is 2. The van der Waals surface area contributed by atoms with E-state index < -0.39 is 23.8 Å². The van der Waals surface area contributed by atoms with Gasteiger partial charge in [0.1, 0.15) is 11.6 Å². The van der Waals surface area contributed by atoms with Gasteiger partial charge in [-0.3, -0.25) is 19.3 Å². The second-order valence-electron chi connectivity index (χ2n) is 12.0. The normalized spacial score (nSPS) is 26.9. The Hall–Kier alpha value is -3.01. The fourth-order valence-electron chi connectivity index (χ4n) is 5.86. The second-order valence-corrected chi connectivity index (χ2v) is 13.0. The van der Waals surface area contributed by atoms with E-state index in [1.54, 1.807) is 20.8 Å². The van der Waals surface area contributed by atoms with Crippen LogP contribution in [0.4, 0.5) is 4.79 Å². The molecule has 3 fully saturated rings. The van der Waals surface area contributed by atoms with Crippen molar-refractivity contribution in [3.63, 3.8) is 0 Å². The van der Waals surface area contributed by atoms with Crippen molar-refractivity contribution in [1.29, 1.82) is 0 Å². The van der Waals surface area contributed by atoms with Crippen LogP contribution in [0.15, 0.2) is 24.3 Å². The second kappa shape index (κ2) is 9.08. The topological polar surface area (TPSA) is 118 Å². The molecular weight excluding hydrogens is 492 g/mol. The molecule has 1 saturated carbocycles. The lowest BCUT2D eigenvalue weighted by molar-refractivity contribution is -0.128. The summed E-state index contributed by atoms with van der Waals surface area (Å²) in [6.07, 6.45) is 0.256. The Balaban J connectivity index is 1.41. The number of carbonyl (C=O) groups is 4. The molecule has 2 aromatic rings. The van der Waals surface area contributed by atoms with Crippen LogP contribution in [0.3, 0.4) is 0 Å². The first-order valence-corrected chi connectivity index (χ1v) is 13.7. The van der Waals surface area contributed by atoms with E-state index in [4.69, 9.17) is 4.74 Å². The first kappa shape index (κ1) is 25.6. The molecule has 3 aliphatic rings. The molecule has 0 bridgehead atoms. The van der Waals surface area contributed by atoms with Crippen molar-refractivity contribution in [2.75, 3.05) is 13.1 Å². The van der Waals surface area contributed by atoms with E-state index in [0.29, 0.717) is 30.0 Å². The van der Waals surface area contributed by atoms with Gasteiger partial charge in [-0.1, -0.05) is 26.0 Å². The molecule has 37 heavy (non-hydrogen) atoms. The summed E-state index contributed by atoms with van der Waals surface area (Å²) in [4.78, 5) is 58.8. The average Bonchev–Trinajstić information content (AvgIpc) is 3.33. The Labute approximate surface area is 220 Å². The summed E-state index contributed by atoms with van der Waals surface area (Å²) in [5, 5.41) is 6.04. The number of aromatic nitrogens is 1. The van der Waals surface area contributed by atoms with E-state index in [2.05, 4.69) is 29.5 Å². The number of carbonyl (C=O) groups excluding carboxylic acids is 4. The molecule has 2 N–H and O–H groups in total. The molecule has 2 saturated heterocycles. The summed E-state index contributed by atoms with van der Waals surface area (Å²) in [5.41, 5.74) is -0.0611. The molecule has 0 radical (unpaired) electrons. The third-order valence-corrected chi connectivity index (χ3v) is 8.98. The highest BCUT2D eigenvalue weighted by molar-refractivity contribution is 7.20. The lowest BCUT2D eigenvalue weighted by Crippen LogP contribution is -2.54. The number of nitrogens with zero attached hydrogens (tertiary/aromatic N) is 2. The third kappa shape index (κ3) is 4.83. The number of para-hydroxylation sites is 1. The predicted octanol–water partition coefficient (Wildman–Crippen LogP) is 3.38. The number of Topliss-reactive ketones (excluding diaryl/α,β-unsaturated/α-hetero) is 1. The van der Waals surface area contributed by atoms with Gasteiger partial charge < -0.3 is 15.4 Å². The number of amides is 3. The van der Waals surface area contributed by atoms with Crippen molar-refractivity contribution in [2.45, 2.75) is 65.1 Å². The van der Waals surface area contributed by atoms with Crippen LogP contribution in [0.1, 0.15) is 57.3 Å². The van der Waals surface area contributed by atoms with Gasteiger partial charge in [0, 0.05) is 19.0 Å².